The van der Waals surface area contributed by atoms with Gasteiger partial charge in [-0.15, -0.1) is 11.3 Å². The van der Waals surface area contributed by atoms with Crippen LogP contribution in [-0.4, -0.2) is 17.7 Å². The van der Waals surface area contributed by atoms with Gasteiger partial charge in [-0.3, -0.25) is 0 Å². The van der Waals surface area contributed by atoms with E-state index in [1.165, 1.54) is 30.6 Å². The molecule has 1 aromatic heterocycles. The monoisotopic (exact) mass is 259 g/mol. The summed E-state index contributed by atoms with van der Waals surface area (Å²) in [6.45, 7) is 2.91. The molecule has 16 heavy (non-hydrogen) atoms. The second kappa shape index (κ2) is 5.50. The Labute approximate surface area is 106 Å². The Morgan fingerprint density at radius 2 is 2.38 bits per heavy atom. The maximum Gasteiger partial charge on any atom is 0.101 e. The van der Waals surface area contributed by atoms with E-state index in [0.29, 0.717) is 12.6 Å². The van der Waals surface area contributed by atoms with E-state index in [4.69, 9.17) is 11.6 Å². The quantitative estimate of drug-likeness (QED) is 0.870. The minimum absolute atomic E-state index is 0.426. The molecule has 2 N–H and O–H groups in total. The van der Waals surface area contributed by atoms with Gasteiger partial charge in [0.1, 0.15) is 6.10 Å². The van der Waals surface area contributed by atoms with Crippen molar-refractivity contribution in [1.29, 1.82) is 0 Å². The molecule has 1 heterocycles. The van der Waals surface area contributed by atoms with Gasteiger partial charge in [0.25, 0.3) is 0 Å². The molecule has 0 spiro atoms. The molecule has 0 bridgehead atoms. The molecule has 2 rings (SSSR count). The summed E-state index contributed by atoms with van der Waals surface area (Å²) < 4.78 is 0.739. The zero-order valence-electron chi connectivity index (χ0n) is 9.45. The molecule has 2 nitrogen and oxygen atoms in total. The number of hydrogen-bond donors (Lipinski definition) is 2. The van der Waals surface area contributed by atoms with Crippen LogP contribution in [0.4, 0.5) is 0 Å². The molecule has 3 atom stereocenters. The lowest BCUT2D eigenvalue weighted by atomic mass is 10.1. The van der Waals surface area contributed by atoms with E-state index in [9.17, 15) is 5.11 Å². The predicted octanol–water partition coefficient (Wildman–Crippen LogP) is 3.21. The van der Waals surface area contributed by atoms with Crippen LogP contribution < -0.4 is 5.32 Å². The predicted molar refractivity (Wildman–Crippen MR) is 69.1 cm³/mol. The van der Waals surface area contributed by atoms with Gasteiger partial charge >= 0.3 is 0 Å². The maximum atomic E-state index is 9.97. The zero-order chi connectivity index (χ0) is 11.5. The lowest BCUT2D eigenvalue weighted by Gasteiger charge is -2.19. The highest BCUT2D eigenvalue weighted by molar-refractivity contribution is 7.16. The van der Waals surface area contributed by atoms with Crippen molar-refractivity contribution in [2.24, 2.45) is 5.92 Å². The van der Waals surface area contributed by atoms with Crippen molar-refractivity contribution in [3.63, 3.8) is 0 Å². The number of aliphatic hydroxyl groups is 1. The molecule has 0 radical (unpaired) electrons. The largest absolute Gasteiger partial charge is 0.386 e. The van der Waals surface area contributed by atoms with E-state index >= 15 is 0 Å². The number of nitrogens with one attached hydrogen (secondary N) is 1. The number of aliphatic hydroxyl groups excluding tert-OH is 1. The highest BCUT2D eigenvalue weighted by Crippen LogP contribution is 2.28. The van der Waals surface area contributed by atoms with Crippen LogP contribution in [0.2, 0.25) is 4.34 Å². The minimum Gasteiger partial charge on any atom is -0.386 e. The first-order valence-corrected chi connectivity index (χ1v) is 7.03. The maximum absolute atomic E-state index is 9.97. The fraction of sp³-hybridized carbons (Fsp3) is 0.667. The van der Waals surface area contributed by atoms with Crippen molar-refractivity contribution in [2.75, 3.05) is 6.54 Å². The van der Waals surface area contributed by atoms with Crippen molar-refractivity contribution in [3.05, 3.63) is 21.3 Å². The Hall–Kier alpha value is -0.0900. The summed E-state index contributed by atoms with van der Waals surface area (Å²) in [6.07, 6.45) is 3.42. The third-order valence-corrected chi connectivity index (χ3v) is 4.69. The third kappa shape index (κ3) is 2.98. The van der Waals surface area contributed by atoms with Crippen molar-refractivity contribution >= 4 is 22.9 Å². The van der Waals surface area contributed by atoms with Crippen molar-refractivity contribution < 1.29 is 5.11 Å². The Bertz CT molecular complexity index is 342. The first-order valence-electron chi connectivity index (χ1n) is 5.83. The standard InChI is InChI=1S/C12H18ClNOS/c1-8-3-2-4-9(8)14-7-10(15)11-5-6-12(13)16-11/h5-6,8-10,14-15H,2-4,7H2,1H3. The molecule has 0 saturated heterocycles. The fourth-order valence-electron chi connectivity index (χ4n) is 2.32. The van der Waals surface area contributed by atoms with Gasteiger partial charge in [-0.25, -0.2) is 0 Å². The minimum atomic E-state index is -0.426. The van der Waals surface area contributed by atoms with Gasteiger partial charge < -0.3 is 10.4 Å². The highest BCUT2D eigenvalue weighted by Gasteiger charge is 2.23. The molecule has 0 amide bonds. The van der Waals surface area contributed by atoms with Gasteiger partial charge in [-0.05, 0) is 30.9 Å². The van der Waals surface area contributed by atoms with Crippen LogP contribution in [0.1, 0.15) is 37.2 Å². The van der Waals surface area contributed by atoms with Crippen LogP contribution in [0, 0.1) is 5.92 Å². The average molecular weight is 260 g/mol. The van der Waals surface area contributed by atoms with E-state index in [2.05, 4.69) is 12.2 Å². The van der Waals surface area contributed by atoms with E-state index in [1.807, 2.05) is 12.1 Å². The van der Waals surface area contributed by atoms with E-state index < -0.39 is 6.10 Å². The molecule has 1 saturated carbocycles. The summed E-state index contributed by atoms with van der Waals surface area (Å²) in [5.74, 6) is 0.735. The SMILES string of the molecule is CC1CCCC1NCC(O)c1ccc(Cl)s1. The van der Waals surface area contributed by atoms with Crippen LogP contribution in [0.3, 0.4) is 0 Å². The first-order chi connectivity index (χ1) is 7.66. The molecule has 3 unspecified atom stereocenters. The summed E-state index contributed by atoms with van der Waals surface area (Å²) in [5, 5.41) is 13.4. The van der Waals surface area contributed by atoms with Crippen LogP contribution in [0.5, 0.6) is 0 Å². The zero-order valence-corrected chi connectivity index (χ0v) is 11.0. The van der Waals surface area contributed by atoms with Gasteiger partial charge in [0.05, 0.1) is 4.34 Å². The average Bonchev–Trinajstić information content (AvgIpc) is 2.84. The van der Waals surface area contributed by atoms with Crippen molar-refractivity contribution in [3.8, 4) is 0 Å². The van der Waals surface area contributed by atoms with Crippen LogP contribution in [0.15, 0.2) is 12.1 Å². The van der Waals surface area contributed by atoms with Crippen LogP contribution in [-0.2, 0) is 0 Å². The fourth-order valence-corrected chi connectivity index (χ4v) is 3.37. The lowest BCUT2D eigenvalue weighted by Crippen LogP contribution is -2.34. The molecule has 1 aliphatic rings. The smallest absolute Gasteiger partial charge is 0.101 e. The second-order valence-electron chi connectivity index (χ2n) is 4.58. The third-order valence-electron chi connectivity index (χ3n) is 3.36. The number of hydrogen-bond acceptors (Lipinski definition) is 3. The number of rotatable bonds is 4. The molecule has 90 valence electrons. The van der Waals surface area contributed by atoms with Crippen LogP contribution >= 0.6 is 22.9 Å². The molecule has 0 aromatic carbocycles. The highest BCUT2D eigenvalue weighted by atomic mass is 35.5. The summed E-state index contributed by atoms with van der Waals surface area (Å²) in [7, 11) is 0. The number of thiophene rings is 1. The van der Waals surface area contributed by atoms with E-state index in [0.717, 1.165) is 15.1 Å². The first kappa shape index (κ1) is 12.4. The van der Waals surface area contributed by atoms with Gasteiger partial charge in [0, 0.05) is 17.5 Å². The summed E-state index contributed by atoms with van der Waals surface area (Å²) in [6, 6.07) is 4.31. The molecule has 4 heteroatoms. The number of halogens is 1. The molecule has 0 aliphatic heterocycles. The summed E-state index contributed by atoms with van der Waals surface area (Å²) in [4.78, 5) is 0.947. The van der Waals surface area contributed by atoms with E-state index in [-0.39, 0.29) is 0 Å². The van der Waals surface area contributed by atoms with Crippen LogP contribution in [0.25, 0.3) is 0 Å². The Balaban J connectivity index is 1.81. The Kier molecular flexibility index (Phi) is 4.25. The van der Waals surface area contributed by atoms with Gasteiger partial charge in [0.15, 0.2) is 0 Å². The van der Waals surface area contributed by atoms with Gasteiger partial charge in [0.2, 0.25) is 0 Å². The topological polar surface area (TPSA) is 32.3 Å². The summed E-state index contributed by atoms with van der Waals surface area (Å²) >= 11 is 7.30. The van der Waals surface area contributed by atoms with E-state index in [1.54, 1.807) is 0 Å². The molecule has 1 aromatic rings. The van der Waals surface area contributed by atoms with Crippen molar-refractivity contribution in [2.45, 2.75) is 38.3 Å². The molecule has 1 fully saturated rings. The normalized spacial score (nSPS) is 27.2. The second-order valence-corrected chi connectivity index (χ2v) is 6.33. The lowest BCUT2D eigenvalue weighted by molar-refractivity contribution is 0.170. The molecule has 1 aliphatic carbocycles. The Morgan fingerprint density at radius 1 is 1.56 bits per heavy atom. The van der Waals surface area contributed by atoms with Gasteiger partial charge in [-0.2, -0.15) is 0 Å². The van der Waals surface area contributed by atoms with Crippen molar-refractivity contribution in [1.82, 2.24) is 5.32 Å². The van der Waals surface area contributed by atoms with Gasteiger partial charge in [-0.1, -0.05) is 24.9 Å². The molecular formula is C12H18ClNOS. The molecular weight excluding hydrogens is 242 g/mol. The summed E-state index contributed by atoms with van der Waals surface area (Å²) in [5.41, 5.74) is 0. The Morgan fingerprint density at radius 3 is 2.94 bits per heavy atom.